The van der Waals surface area contributed by atoms with Crippen molar-refractivity contribution in [1.82, 2.24) is 9.88 Å². The molecule has 0 saturated heterocycles. The highest BCUT2D eigenvalue weighted by Gasteiger charge is 2.20. The van der Waals surface area contributed by atoms with E-state index in [0.717, 1.165) is 25.6 Å². The van der Waals surface area contributed by atoms with E-state index >= 15 is 0 Å². The van der Waals surface area contributed by atoms with Crippen LogP contribution in [0.2, 0.25) is 0 Å². The Hall–Kier alpha value is -1.72. The third kappa shape index (κ3) is 2.83. The molecular formula is C17H20N2. The smallest absolute Gasteiger partial charge is 0.0483 e. The topological polar surface area (TPSA) is 17.0 Å². The van der Waals surface area contributed by atoms with E-state index in [1.165, 1.54) is 29.3 Å². The molecule has 1 aliphatic carbocycles. The molecule has 0 bridgehead atoms. The number of aryl methyl sites for hydroxylation is 1. The minimum Gasteiger partial charge on any atom is -0.346 e. The number of benzene rings is 1. The quantitative estimate of drug-likeness (QED) is 0.808. The molecule has 0 spiro atoms. The normalized spacial score (nSPS) is 14.4. The van der Waals surface area contributed by atoms with E-state index in [9.17, 15) is 0 Å². The van der Waals surface area contributed by atoms with E-state index in [2.05, 4.69) is 52.2 Å². The van der Waals surface area contributed by atoms with Gasteiger partial charge in [-0.2, -0.15) is 0 Å². The standard InChI is InChI=1S/C17H20N2/c1-2-3-6-11-19-13-14(12-18-15-9-10-15)16-7-4-5-8-17(16)19/h4-5,7-8,13,15,18H,6,9-12H2,1H3. The van der Waals surface area contributed by atoms with Gasteiger partial charge in [-0.25, -0.2) is 0 Å². The van der Waals surface area contributed by atoms with Crippen molar-refractivity contribution in [2.24, 2.45) is 0 Å². The largest absolute Gasteiger partial charge is 0.346 e. The van der Waals surface area contributed by atoms with Crippen LogP contribution in [0.5, 0.6) is 0 Å². The van der Waals surface area contributed by atoms with E-state index in [1.54, 1.807) is 0 Å². The number of hydrogen-bond acceptors (Lipinski definition) is 1. The van der Waals surface area contributed by atoms with Gasteiger partial charge in [0.05, 0.1) is 0 Å². The maximum atomic E-state index is 3.60. The molecule has 3 rings (SSSR count). The van der Waals surface area contributed by atoms with Crippen molar-refractivity contribution in [3.8, 4) is 11.8 Å². The van der Waals surface area contributed by atoms with Crippen LogP contribution in [0.4, 0.5) is 0 Å². The third-order valence-electron chi connectivity index (χ3n) is 3.68. The van der Waals surface area contributed by atoms with E-state index in [4.69, 9.17) is 0 Å². The molecule has 0 unspecified atom stereocenters. The highest BCUT2D eigenvalue weighted by Crippen LogP contribution is 2.24. The first-order valence-corrected chi connectivity index (χ1v) is 7.08. The summed E-state index contributed by atoms with van der Waals surface area (Å²) in [5.74, 6) is 6.11. The van der Waals surface area contributed by atoms with Crippen LogP contribution in [-0.4, -0.2) is 10.6 Å². The molecule has 1 aromatic heterocycles. The molecule has 1 heterocycles. The predicted octanol–water partition coefficient (Wildman–Crippen LogP) is 3.31. The molecule has 1 N–H and O–H groups in total. The SMILES string of the molecule is CC#CCCn1cc(CNC2CC2)c2ccccc21. The molecule has 1 saturated carbocycles. The summed E-state index contributed by atoms with van der Waals surface area (Å²) in [6, 6.07) is 9.42. The van der Waals surface area contributed by atoms with Crippen LogP contribution in [0.3, 0.4) is 0 Å². The summed E-state index contributed by atoms with van der Waals surface area (Å²) in [6.07, 6.45) is 5.89. The highest BCUT2D eigenvalue weighted by molar-refractivity contribution is 5.83. The first-order chi connectivity index (χ1) is 9.38. The third-order valence-corrected chi connectivity index (χ3v) is 3.68. The lowest BCUT2D eigenvalue weighted by atomic mass is 10.2. The van der Waals surface area contributed by atoms with Crippen molar-refractivity contribution in [2.45, 2.75) is 45.3 Å². The van der Waals surface area contributed by atoms with Crippen molar-refractivity contribution in [3.63, 3.8) is 0 Å². The lowest BCUT2D eigenvalue weighted by molar-refractivity contribution is 0.682. The molecule has 1 aromatic carbocycles. The molecule has 0 atom stereocenters. The second-order valence-electron chi connectivity index (χ2n) is 5.20. The lowest BCUT2D eigenvalue weighted by Crippen LogP contribution is -2.14. The Morgan fingerprint density at radius 3 is 2.95 bits per heavy atom. The Bertz CT molecular complexity index is 623. The molecule has 0 amide bonds. The van der Waals surface area contributed by atoms with Gasteiger partial charge in [0.15, 0.2) is 0 Å². The zero-order chi connectivity index (χ0) is 13.1. The van der Waals surface area contributed by atoms with Gasteiger partial charge in [-0.3, -0.25) is 0 Å². The summed E-state index contributed by atoms with van der Waals surface area (Å²) in [5, 5.41) is 4.98. The van der Waals surface area contributed by atoms with Crippen molar-refractivity contribution < 1.29 is 0 Å². The van der Waals surface area contributed by atoms with Gasteiger partial charge in [0, 0.05) is 42.7 Å². The van der Waals surface area contributed by atoms with Crippen molar-refractivity contribution in [3.05, 3.63) is 36.0 Å². The molecule has 1 aliphatic rings. The van der Waals surface area contributed by atoms with Gasteiger partial charge < -0.3 is 9.88 Å². The second kappa shape index (κ2) is 5.50. The Labute approximate surface area is 114 Å². The van der Waals surface area contributed by atoms with Crippen molar-refractivity contribution >= 4 is 10.9 Å². The van der Waals surface area contributed by atoms with Crippen LogP contribution >= 0.6 is 0 Å². The maximum absolute atomic E-state index is 3.60. The molecule has 0 radical (unpaired) electrons. The van der Waals surface area contributed by atoms with E-state index in [0.29, 0.717) is 0 Å². The van der Waals surface area contributed by atoms with Crippen molar-refractivity contribution in [2.75, 3.05) is 0 Å². The van der Waals surface area contributed by atoms with Crippen LogP contribution in [-0.2, 0) is 13.1 Å². The first-order valence-electron chi connectivity index (χ1n) is 7.08. The summed E-state index contributed by atoms with van der Waals surface area (Å²) in [5.41, 5.74) is 2.74. The fraction of sp³-hybridized carbons (Fsp3) is 0.412. The number of para-hydroxylation sites is 1. The molecule has 0 aliphatic heterocycles. The molecular weight excluding hydrogens is 232 g/mol. The number of rotatable bonds is 5. The number of nitrogens with zero attached hydrogens (tertiary/aromatic N) is 1. The zero-order valence-corrected chi connectivity index (χ0v) is 11.4. The van der Waals surface area contributed by atoms with Crippen LogP contribution in [0.15, 0.2) is 30.5 Å². The van der Waals surface area contributed by atoms with E-state index in [1.807, 2.05) is 6.92 Å². The molecule has 2 aromatic rings. The fourth-order valence-corrected chi connectivity index (χ4v) is 2.49. The maximum Gasteiger partial charge on any atom is 0.0483 e. The Kier molecular flexibility index (Phi) is 3.57. The molecule has 19 heavy (non-hydrogen) atoms. The van der Waals surface area contributed by atoms with Gasteiger partial charge in [0.25, 0.3) is 0 Å². The van der Waals surface area contributed by atoms with Crippen LogP contribution < -0.4 is 5.32 Å². The number of hydrogen-bond donors (Lipinski definition) is 1. The summed E-state index contributed by atoms with van der Waals surface area (Å²) in [6.45, 7) is 3.86. The van der Waals surface area contributed by atoms with Crippen LogP contribution in [0.25, 0.3) is 10.9 Å². The lowest BCUT2D eigenvalue weighted by Gasteiger charge is -2.01. The molecule has 2 heteroatoms. The van der Waals surface area contributed by atoms with Crippen LogP contribution in [0, 0.1) is 11.8 Å². The van der Waals surface area contributed by atoms with Gasteiger partial charge in [-0.1, -0.05) is 18.2 Å². The summed E-state index contributed by atoms with van der Waals surface area (Å²) >= 11 is 0. The second-order valence-corrected chi connectivity index (χ2v) is 5.20. The monoisotopic (exact) mass is 252 g/mol. The first kappa shape index (κ1) is 12.3. The Balaban J connectivity index is 1.84. The van der Waals surface area contributed by atoms with E-state index < -0.39 is 0 Å². The van der Waals surface area contributed by atoms with Gasteiger partial charge in [0.1, 0.15) is 0 Å². The fourth-order valence-electron chi connectivity index (χ4n) is 2.49. The summed E-state index contributed by atoms with van der Waals surface area (Å²) < 4.78 is 2.34. The average Bonchev–Trinajstić information content (AvgIpc) is 3.20. The Morgan fingerprint density at radius 1 is 1.32 bits per heavy atom. The van der Waals surface area contributed by atoms with Gasteiger partial charge in [0.2, 0.25) is 0 Å². The summed E-state index contributed by atoms with van der Waals surface area (Å²) in [4.78, 5) is 0. The number of fused-ring (bicyclic) bond motifs is 1. The Morgan fingerprint density at radius 2 is 2.16 bits per heavy atom. The number of aromatic nitrogens is 1. The van der Waals surface area contributed by atoms with E-state index in [-0.39, 0.29) is 0 Å². The van der Waals surface area contributed by atoms with Crippen molar-refractivity contribution in [1.29, 1.82) is 0 Å². The van der Waals surface area contributed by atoms with Gasteiger partial charge in [-0.05, 0) is 31.4 Å². The van der Waals surface area contributed by atoms with Crippen LogP contribution in [0.1, 0.15) is 31.7 Å². The van der Waals surface area contributed by atoms with Gasteiger partial charge >= 0.3 is 0 Å². The molecule has 2 nitrogen and oxygen atoms in total. The number of nitrogens with one attached hydrogen (secondary N) is 1. The minimum absolute atomic E-state index is 0.757. The highest BCUT2D eigenvalue weighted by atomic mass is 15.0. The average molecular weight is 252 g/mol. The van der Waals surface area contributed by atoms with Gasteiger partial charge in [-0.15, -0.1) is 11.8 Å². The molecule has 1 fully saturated rings. The predicted molar refractivity (Wildman–Crippen MR) is 79.9 cm³/mol. The zero-order valence-electron chi connectivity index (χ0n) is 11.4. The molecule has 98 valence electrons. The summed E-state index contributed by atoms with van der Waals surface area (Å²) in [7, 11) is 0. The minimum atomic E-state index is 0.757.